The summed E-state index contributed by atoms with van der Waals surface area (Å²) < 4.78 is 1.75. The maximum Gasteiger partial charge on any atom is 0.276 e. The van der Waals surface area contributed by atoms with Crippen molar-refractivity contribution in [2.75, 3.05) is 0 Å². The first kappa shape index (κ1) is 13.9. The van der Waals surface area contributed by atoms with Gasteiger partial charge in [0.05, 0.1) is 11.2 Å². The monoisotopic (exact) mass is 397 g/mol. The third kappa shape index (κ3) is 4.39. The summed E-state index contributed by atoms with van der Waals surface area (Å²) in [7, 11) is 0. The summed E-state index contributed by atoms with van der Waals surface area (Å²) >= 11 is 5.49. The molecule has 0 bridgehead atoms. The molecule has 0 saturated carbocycles. The highest BCUT2D eigenvalue weighted by molar-refractivity contribution is 14.1. The molecule has 1 aromatic carbocycles. The molecule has 0 aromatic heterocycles. The van der Waals surface area contributed by atoms with Crippen molar-refractivity contribution in [3.05, 3.63) is 31.8 Å². The van der Waals surface area contributed by atoms with Gasteiger partial charge in [0.1, 0.15) is 0 Å². The molecule has 0 atom stereocenters. The van der Waals surface area contributed by atoms with Gasteiger partial charge < -0.3 is 0 Å². The molecule has 0 radical (unpaired) electrons. The maximum atomic E-state index is 11.8. The second-order valence-electron chi connectivity index (χ2n) is 4.27. The number of halogens is 2. The fourth-order valence-electron chi connectivity index (χ4n) is 0.926. The Bertz CT molecular complexity index is 401. The van der Waals surface area contributed by atoms with Crippen molar-refractivity contribution in [2.24, 2.45) is 0 Å². The molecule has 0 saturated heterocycles. The van der Waals surface area contributed by atoms with Gasteiger partial charge in [0, 0.05) is 8.04 Å². The van der Waals surface area contributed by atoms with Crippen molar-refractivity contribution in [3.8, 4) is 0 Å². The SMILES string of the molecule is CC(C)(C)ONC(=O)c1cc(I)ccc1Br. The molecule has 0 unspecified atom stereocenters. The number of carbonyl (C=O) groups excluding carboxylic acids is 1. The van der Waals surface area contributed by atoms with Crippen LogP contribution in [0.5, 0.6) is 0 Å². The second kappa shape index (κ2) is 5.46. The van der Waals surface area contributed by atoms with E-state index in [1.807, 2.05) is 32.9 Å². The molecule has 5 heteroatoms. The minimum Gasteiger partial charge on any atom is -0.268 e. The van der Waals surface area contributed by atoms with Gasteiger partial charge in [-0.3, -0.25) is 9.63 Å². The van der Waals surface area contributed by atoms with Crippen molar-refractivity contribution in [2.45, 2.75) is 26.4 Å². The highest BCUT2D eigenvalue weighted by atomic mass is 127. The molecule has 16 heavy (non-hydrogen) atoms. The Hall–Kier alpha value is -0.140. The van der Waals surface area contributed by atoms with Crippen LogP contribution in [-0.2, 0) is 4.84 Å². The van der Waals surface area contributed by atoms with Crippen LogP contribution in [0.1, 0.15) is 31.1 Å². The number of hydroxylamine groups is 1. The Balaban J connectivity index is 2.77. The van der Waals surface area contributed by atoms with Crippen molar-refractivity contribution in [1.82, 2.24) is 5.48 Å². The number of benzene rings is 1. The van der Waals surface area contributed by atoms with E-state index in [2.05, 4.69) is 44.0 Å². The minimum atomic E-state index is -0.399. The van der Waals surface area contributed by atoms with Crippen molar-refractivity contribution in [3.63, 3.8) is 0 Å². The fourth-order valence-corrected chi connectivity index (χ4v) is 1.84. The van der Waals surface area contributed by atoms with Crippen molar-refractivity contribution >= 4 is 44.4 Å². The predicted molar refractivity (Wildman–Crippen MR) is 75.2 cm³/mol. The first-order chi connectivity index (χ1) is 7.29. The molecular formula is C11H13BrINO2. The summed E-state index contributed by atoms with van der Waals surface area (Å²) in [4.78, 5) is 17.0. The lowest BCUT2D eigenvalue weighted by Gasteiger charge is -2.19. The quantitative estimate of drug-likeness (QED) is 0.612. The maximum absolute atomic E-state index is 11.8. The van der Waals surface area contributed by atoms with E-state index in [4.69, 9.17) is 4.84 Å². The molecule has 1 aromatic rings. The fraction of sp³-hybridized carbons (Fsp3) is 0.364. The lowest BCUT2D eigenvalue weighted by Crippen LogP contribution is -2.33. The van der Waals surface area contributed by atoms with Gasteiger partial charge in [-0.2, -0.15) is 0 Å². The van der Waals surface area contributed by atoms with Crippen LogP contribution in [0.15, 0.2) is 22.7 Å². The van der Waals surface area contributed by atoms with Crippen LogP contribution in [0.25, 0.3) is 0 Å². The van der Waals surface area contributed by atoms with Gasteiger partial charge in [0.2, 0.25) is 0 Å². The highest BCUT2D eigenvalue weighted by Crippen LogP contribution is 2.19. The lowest BCUT2D eigenvalue weighted by atomic mass is 10.2. The van der Waals surface area contributed by atoms with Crippen molar-refractivity contribution in [1.29, 1.82) is 0 Å². The van der Waals surface area contributed by atoms with Crippen LogP contribution in [0, 0.1) is 3.57 Å². The first-order valence-corrected chi connectivity index (χ1v) is 6.60. The summed E-state index contributed by atoms with van der Waals surface area (Å²) in [5.41, 5.74) is 2.60. The van der Waals surface area contributed by atoms with Crippen LogP contribution >= 0.6 is 38.5 Å². The topological polar surface area (TPSA) is 38.3 Å². The van der Waals surface area contributed by atoms with E-state index in [0.29, 0.717) is 5.56 Å². The van der Waals surface area contributed by atoms with E-state index in [1.165, 1.54) is 0 Å². The third-order valence-electron chi connectivity index (χ3n) is 1.62. The molecule has 1 amide bonds. The summed E-state index contributed by atoms with van der Waals surface area (Å²) in [6, 6.07) is 5.56. The summed E-state index contributed by atoms with van der Waals surface area (Å²) in [5, 5.41) is 0. The standard InChI is InChI=1S/C11H13BrINO2/c1-11(2,3)16-14-10(15)8-6-7(13)4-5-9(8)12/h4-6H,1-3H3,(H,14,15). The molecule has 0 aliphatic rings. The van der Waals surface area contributed by atoms with E-state index in [-0.39, 0.29) is 5.91 Å². The number of hydrogen-bond donors (Lipinski definition) is 1. The predicted octanol–water partition coefficient (Wildman–Crippen LogP) is 3.51. The van der Waals surface area contributed by atoms with Gasteiger partial charge in [-0.15, -0.1) is 0 Å². The molecule has 0 heterocycles. The Morgan fingerprint density at radius 1 is 1.44 bits per heavy atom. The zero-order valence-corrected chi connectivity index (χ0v) is 13.0. The largest absolute Gasteiger partial charge is 0.276 e. The van der Waals surface area contributed by atoms with Gasteiger partial charge in [-0.1, -0.05) is 0 Å². The molecule has 88 valence electrons. The summed E-state index contributed by atoms with van der Waals surface area (Å²) in [6.45, 7) is 5.62. The number of amides is 1. The summed E-state index contributed by atoms with van der Waals surface area (Å²) in [5.74, 6) is -0.250. The van der Waals surface area contributed by atoms with Gasteiger partial charge >= 0.3 is 0 Å². The molecule has 1 rings (SSSR count). The Labute approximate surface area is 117 Å². The van der Waals surface area contributed by atoms with Gasteiger partial charge in [0.15, 0.2) is 0 Å². The average molecular weight is 398 g/mol. The second-order valence-corrected chi connectivity index (χ2v) is 6.37. The van der Waals surface area contributed by atoms with Gasteiger partial charge in [-0.05, 0) is 77.5 Å². The zero-order chi connectivity index (χ0) is 12.3. The smallest absolute Gasteiger partial charge is 0.268 e. The lowest BCUT2D eigenvalue weighted by molar-refractivity contribution is -0.0590. The highest BCUT2D eigenvalue weighted by Gasteiger charge is 2.15. The normalized spacial score (nSPS) is 11.3. The van der Waals surface area contributed by atoms with Crippen LogP contribution in [-0.4, -0.2) is 11.5 Å². The Kier molecular flexibility index (Phi) is 4.75. The van der Waals surface area contributed by atoms with Crippen LogP contribution in [0.4, 0.5) is 0 Å². The third-order valence-corrected chi connectivity index (χ3v) is 2.99. The molecule has 3 nitrogen and oxygen atoms in total. The van der Waals surface area contributed by atoms with E-state index in [0.717, 1.165) is 8.04 Å². The number of rotatable bonds is 2. The average Bonchev–Trinajstić information content (AvgIpc) is 2.17. The summed E-state index contributed by atoms with van der Waals surface area (Å²) in [6.07, 6.45) is 0. The molecular weight excluding hydrogens is 385 g/mol. The first-order valence-electron chi connectivity index (χ1n) is 4.73. The zero-order valence-electron chi connectivity index (χ0n) is 9.30. The van der Waals surface area contributed by atoms with E-state index >= 15 is 0 Å². The number of hydrogen-bond acceptors (Lipinski definition) is 2. The van der Waals surface area contributed by atoms with Gasteiger partial charge in [-0.25, -0.2) is 5.48 Å². The molecule has 0 fully saturated rings. The minimum absolute atomic E-state index is 0.250. The number of carbonyl (C=O) groups is 1. The Morgan fingerprint density at radius 3 is 2.62 bits per heavy atom. The molecule has 0 aliphatic carbocycles. The molecule has 0 aliphatic heterocycles. The van der Waals surface area contributed by atoms with Crippen LogP contribution < -0.4 is 5.48 Å². The van der Waals surface area contributed by atoms with E-state index in [9.17, 15) is 4.79 Å². The van der Waals surface area contributed by atoms with E-state index < -0.39 is 5.60 Å². The van der Waals surface area contributed by atoms with E-state index in [1.54, 1.807) is 6.07 Å². The molecule has 1 N–H and O–H groups in total. The van der Waals surface area contributed by atoms with Gasteiger partial charge in [0.25, 0.3) is 5.91 Å². The van der Waals surface area contributed by atoms with Crippen LogP contribution in [0.3, 0.4) is 0 Å². The van der Waals surface area contributed by atoms with Crippen molar-refractivity contribution < 1.29 is 9.63 Å². The Morgan fingerprint density at radius 2 is 2.06 bits per heavy atom. The molecule has 0 spiro atoms. The number of nitrogens with one attached hydrogen (secondary N) is 1. The van der Waals surface area contributed by atoms with Crippen LogP contribution in [0.2, 0.25) is 0 Å².